The normalized spacial score (nSPS) is 16.2. The highest BCUT2D eigenvalue weighted by atomic mass is 35.5. The number of anilines is 2. The van der Waals surface area contributed by atoms with Crippen LogP contribution in [0.5, 0.6) is 0 Å². The van der Waals surface area contributed by atoms with E-state index in [1.807, 2.05) is 24.0 Å². The third-order valence-corrected chi connectivity index (χ3v) is 6.09. The molecule has 0 aliphatic carbocycles. The zero-order valence-electron chi connectivity index (χ0n) is 19.2. The zero-order chi connectivity index (χ0) is 24.2. The van der Waals surface area contributed by atoms with Crippen LogP contribution in [-0.2, 0) is 11.8 Å². The van der Waals surface area contributed by atoms with Crippen molar-refractivity contribution >= 4 is 35.2 Å². The average molecular weight is 484 g/mol. The third kappa shape index (κ3) is 5.12. The molecule has 1 aromatic carbocycles. The lowest BCUT2D eigenvalue weighted by Crippen LogP contribution is -2.37. The van der Waals surface area contributed by atoms with Gasteiger partial charge in [-0.3, -0.25) is 10.3 Å². The summed E-state index contributed by atoms with van der Waals surface area (Å²) in [6, 6.07) is 10.7. The molecule has 1 fully saturated rings. The summed E-state index contributed by atoms with van der Waals surface area (Å²) >= 11 is 6.19. The maximum Gasteiger partial charge on any atom is 0.413 e. The molecule has 3 amide bonds. The lowest BCUT2D eigenvalue weighted by molar-refractivity contribution is 0.121. The number of hydrogen-bond acceptors (Lipinski definition) is 6. The number of halogens is 1. The summed E-state index contributed by atoms with van der Waals surface area (Å²) < 4.78 is 6.90. The second kappa shape index (κ2) is 10.1. The van der Waals surface area contributed by atoms with E-state index in [4.69, 9.17) is 16.3 Å². The van der Waals surface area contributed by atoms with E-state index in [0.717, 1.165) is 19.4 Å². The van der Waals surface area contributed by atoms with Crippen molar-refractivity contribution in [1.82, 2.24) is 24.9 Å². The lowest BCUT2D eigenvalue weighted by Gasteiger charge is -2.21. The van der Waals surface area contributed by atoms with Crippen molar-refractivity contribution in [3.8, 4) is 11.4 Å². The number of urea groups is 1. The van der Waals surface area contributed by atoms with Gasteiger partial charge >= 0.3 is 12.1 Å². The zero-order valence-corrected chi connectivity index (χ0v) is 19.9. The van der Waals surface area contributed by atoms with Crippen molar-refractivity contribution in [3.05, 3.63) is 53.2 Å². The number of carbonyl (C=O) groups is 2. The molecule has 0 bridgehead atoms. The second-order valence-electron chi connectivity index (χ2n) is 8.15. The third-order valence-electron chi connectivity index (χ3n) is 5.75. The van der Waals surface area contributed by atoms with Crippen LogP contribution in [0.2, 0.25) is 5.02 Å². The number of rotatable bonds is 5. The van der Waals surface area contributed by atoms with E-state index in [-0.39, 0.29) is 12.1 Å². The molecule has 3 heterocycles. The molecule has 1 saturated heterocycles. The van der Waals surface area contributed by atoms with Crippen LogP contribution < -0.4 is 10.6 Å². The van der Waals surface area contributed by atoms with Crippen molar-refractivity contribution in [2.24, 2.45) is 7.05 Å². The van der Waals surface area contributed by atoms with Crippen LogP contribution in [0.1, 0.15) is 38.4 Å². The number of benzene rings is 1. The van der Waals surface area contributed by atoms with Gasteiger partial charge in [-0.05, 0) is 44.9 Å². The quantitative estimate of drug-likeness (QED) is 0.535. The molecule has 1 aliphatic rings. The molecular formula is C23H26ClN7O3. The summed E-state index contributed by atoms with van der Waals surface area (Å²) in [6.07, 6.45) is 2.32. The van der Waals surface area contributed by atoms with Gasteiger partial charge in [0.15, 0.2) is 11.5 Å². The first-order valence-electron chi connectivity index (χ1n) is 11.0. The summed E-state index contributed by atoms with van der Waals surface area (Å²) in [7, 11) is 1.65. The molecular weight excluding hydrogens is 458 g/mol. The molecule has 2 atom stereocenters. The van der Waals surface area contributed by atoms with Gasteiger partial charge in [0.25, 0.3) is 0 Å². The minimum Gasteiger partial charge on any atom is -0.441 e. The van der Waals surface area contributed by atoms with Gasteiger partial charge < -0.3 is 15.0 Å². The molecule has 0 saturated carbocycles. The van der Waals surface area contributed by atoms with Gasteiger partial charge in [-0.25, -0.2) is 14.3 Å². The summed E-state index contributed by atoms with van der Waals surface area (Å²) in [6.45, 7) is 4.52. The Labute approximate surface area is 202 Å². The number of hydrogen-bond donors (Lipinski definition) is 2. The van der Waals surface area contributed by atoms with Crippen molar-refractivity contribution in [2.75, 3.05) is 17.2 Å². The minimum absolute atomic E-state index is 0.142. The molecule has 3 aromatic rings. The highest BCUT2D eigenvalue weighted by molar-refractivity contribution is 6.31. The van der Waals surface area contributed by atoms with Gasteiger partial charge in [-0.1, -0.05) is 35.0 Å². The van der Waals surface area contributed by atoms with Crippen LogP contribution in [0.25, 0.3) is 11.4 Å². The van der Waals surface area contributed by atoms with E-state index in [9.17, 15) is 9.59 Å². The molecule has 11 heteroatoms. The maximum absolute atomic E-state index is 12.6. The average Bonchev–Trinajstić information content (AvgIpc) is 3.40. The fraction of sp³-hybridized carbons (Fsp3) is 0.348. The molecule has 34 heavy (non-hydrogen) atoms. The Bertz CT molecular complexity index is 1180. The first-order chi connectivity index (χ1) is 16.3. The number of pyridine rings is 1. The van der Waals surface area contributed by atoms with Crippen LogP contribution in [0, 0.1) is 0 Å². The number of aromatic nitrogens is 4. The van der Waals surface area contributed by atoms with E-state index in [1.165, 1.54) is 4.68 Å². The first-order valence-corrected chi connectivity index (χ1v) is 11.4. The molecule has 2 aromatic heterocycles. The van der Waals surface area contributed by atoms with E-state index >= 15 is 0 Å². The highest BCUT2D eigenvalue weighted by Crippen LogP contribution is 2.27. The molecule has 1 aliphatic heterocycles. The fourth-order valence-corrected chi connectivity index (χ4v) is 4.15. The van der Waals surface area contributed by atoms with E-state index < -0.39 is 12.2 Å². The predicted octanol–water partition coefficient (Wildman–Crippen LogP) is 4.86. The molecule has 0 radical (unpaired) electrons. The van der Waals surface area contributed by atoms with Gasteiger partial charge in [0.05, 0.1) is 17.6 Å². The predicted molar refractivity (Wildman–Crippen MR) is 129 cm³/mol. The van der Waals surface area contributed by atoms with Crippen molar-refractivity contribution in [3.63, 3.8) is 0 Å². The second-order valence-corrected chi connectivity index (χ2v) is 8.56. The SMILES string of the molecule is C[C@@H]1CCCN1C(=O)Nc1ccc(-c2nnn(C)c2NC(=O)O[C@H](C)c2ccccc2Cl)nc1. The monoisotopic (exact) mass is 483 g/mol. The van der Waals surface area contributed by atoms with Crippen LogP contribution >= 0.6 is 11.6 Å². The number of aryl methyl sites for hydroxylation is 1. The Balaban J connectivity index is 1.43. The molecule has 4 rings (SSSR count). The lowest BCUT2D eigenvalue weighted by atomic mass is 10.1. The standard InChI is InChI=1S/C23H26ClN7O3/c1-14-7-6-12-31(14)22(32)26-16-10-11-19(25-13-16)20-21(30(3)29-28-20)27-23(33)34-15(2)17-8-4-5-9-18(17)24/h4-5,8-11,13-15H,6-7,12H2,1-3H3,(H,26,32)(H,27,33)/t14-,15-/m1/s1. The Kier molecular flexibility index (Phi) is 6.97. The molecule has 10 nitrogen and oxygen atoms in total. The number of nitrogens with zero attached hydrogens (tertiary/aromatic N) is 5. The number of ether oxygens (including phenoxy) is 1. The molecule has 178 valence electrons. The topological polar surface area (TPSA) is 114 Å². The van der Waals surface area contributed by atoms with Crippen molar-refractivity contribution in [1.29, 1.82) is 0 Å². The van der Waals surface area contributed by atoms with Gasteiger partial charge in [0.1, 0.15) is 6.10 Å². The Morgan fingerprint density at radius 1 is 1.21 bits per heavy atom. The first kappa shape index (κ1) is 23.5. The summed E-state index contributed by atoms with van der Waals surface area (Å²) in [5.41, 5.74) is 2.12. The Hall–Kier alpha value is -3.66. The summed E-state index contributed by atoms with van der Waals surface area (Å²) in [4.78, 5) is 31.2. The van der Waals surface area contributed by atoms with Gasteiger partial charge in [-0.15, -0.1) is 5.10 Å². The summed E-state index contributed by atoms with van der Waals surface area (Å²) in [5.74, 6) is 0.325. The summed E-state index contributed by atoms with van der Waals surface area (Å²) in [5, 5.41) is 14.2. The number of likely N-dealkylation sites (tertiary alicyclic amines) is 1. The molecule has 2 N–H and O–H groups in total. The molecule has 0 spiro atoms. The Morgan fingerprint density at radius 2 is 2.00 bits per heavy atom. The minimum atomic E-state index is -0.678. The van der Waals surface area contributed by atoms with Gasteiger partial charge in [0.2, 0.25) is 0 Å². The number of nitrogens with one attached hydrogen (secondary N) is 2. The van der Waals surface area contributed by atoms with Gasteiger partial charge in [-0.2, -0.15) is 0 Å². The van der Waals surface area contributed by atoms with Crippen molar-refractivity contribution < 1.29 is 14.3 Å². The van der Waals surface area contributed by atoms with E-state index in [0.29, 0.717) is 33.5 Å². The smallest absolute Gasteiger partial charge is 0.413 e. The largest absolute Gasteiger partial charge is 0.441 e. The van der Waals surface area contributed by atoms with Crippen LogP contribution in [0.3, 0.4) is 0 Å². The Morgan fingerprint density at radius 3 is 2.68 bits per heavy atom. The highest BCUT2D eigenvalue weighted by Gasteiger charge is 2.25. The van der Waals surface area contributed by atoms with Crippen molar-refractivity contribution in [2.45, 2.75) is 38.8 Å². The number of carbonyl (C=O) groups excluding carboxylic acids is 2. The maximum atomic E-state index is 12.6. The van der Waals surface area contributed by atoms with E-state index in [2.05, 4.69) is 25.9 Å². The van der Waals surface area contributed by atoms with Gasteiger partial charge in [0, 0.05) is 30.2 Å². The fourth-order valence-electron chi connectivity index (χ4n) is 3.86. The number of amides is 3. The van der Waals surface area contributed by atoms with Crippen LogP contribution in [0.4, 0.5) is 21.1 Å². The van der Waals surface area contributed by atoms with Crippen LogP contribution in [0.15, 0.2) is 42.6 Å². The van der Waals surface area contributed by atoms with E-state index in [1.54, 1.807) is 44.4 Å². The molecule has 0 unspecified atom stereocenters. The van der Waals surface area contributed by atoms with Crippen LogP contribution in [-0.4, -0.2) is 49.6 Å².